The molecule has 0 aromatic heterocycles. The van der Waals surface area contributed by atoms with E-state index in [1.807, 2.05) is 0 Å². The van der Waals surface area contributed by atoms with Crippen molar-refractivity contribution in [3.8, 4) is 0 Å². The van der Waals surface area contributed by atoms with Crippen molar-refractivity contribution in [2.75, 3.05) is 13.7 Å². The molecule has 0 unspecified atom stereocenters. The Morgan fingerprint density at radius 3 is 3.00 bits per heavy atom. The zero-order valence-electron chi connectivity index (χ0n) is 7.94. The number of rotatable bonds is 2. The average Bonchev–Trinajstić information content (AvgIpc) is 2.40. The lowest BCUT2D eigenvalue weighted by Crippen LogP contribution is -2.62. The molecule has 2 fully saturated rings. The number of ether oxygens (including phenoxy) is 1. The normalized spacial score (nSPS) is 56.5. The second kappa shape index (κ2) is 2.37. The van der Waals surface area contributed by atoms with Crippen LogP contribution in [-0.2, 0) is 4.74 Å². The Bertz CT molecular complexity index is 261. The quantitative estimate of drug-likeness (QED) is 0.647. The van der Waals surface area contributed by atoms with Gasteiger partial charge >= 0.3 is 0 Å². The van der Waals surface area contributed by atoms with Crippen molar-refractivity contribution in [3.63, 3.8) is 0 Å². The van der Waals surface area contributed by atoms with Crippen LogP contribution in [-0.4, -0.2) is 24.9 Å². The molecule has 0 bridgehead atoms. The van der Waals surface area contributed by atoms with E-state index in [4.69, 9.17) is 4.74 Å². The highest BCUT2D eigenvalue weighted by Gasteiger charge is 2.68. The van der Waals surface area contributed by atoms with E-state index >= 15 is 0 Å². The van der Waals surface area contributed by atoms with Crippen molar-refractivity contribution in [2.45, 2.75) is 18.9 Å². The van der Waals surface area contributed by atoms with Crippen LogP contribution in [0.1, 0.15) is 12.8 Å². The van der Waals surface area contributed by atoms with E-state index in [0.29, 0.717) is 17.8 Å². The summed E-state index contributed by atoms with van der Waals surface area (Å²) in [5, 5.41) is 9.89. The SMILES string of the molecule is COC[C@H]1[C@H]2C=C[C@]23[C@H](O)CC[C@H]13. The number of hydrogen-bond acceptors (Lipinski definition) is 2. The van der Waals surface area contributed by atoms with E-state index < -0.39 is 0 Å². The Morgan fingerprint density at radius 2 is 2.38 bits per heavy atom. The molecule has 2 nitrogen and oxygen atoms in total. The van der Waals surface area contributed by atoms with E-state index in [2.05, 4.69) is 12.2 Å². The molecule has 0 aromatic rings. The van der Waals surface area contributed by atoms with Crippen molar-refractivity contribution in [1.29, 1.82) is 0 Å². The molecule has 0 aromatic carbocycles. The predicted octanol–water partition coefficient (Wildman–Crippen LogP) is 1.21. The number of allylic oxidation sites excluding steroid dienone is 1. The molecule has 13 heavy (non-hydrogen) atoms. The van der Waals surface area contributed by atoms with Crippen LogP contribution in [0.2, 0.25) is 0 Å². The lowest BCUT2D eigenvalue weighted by Gasteiger charge is -2.62. The van der Waals surface area contributed by atoms with Crippen LogP contribution >= 0.6 is 0 Å². The van der Waals surface area contributed by atoms with Crippen LogP contribution in [0.15, 0.2) is 12.2 Å². The molecular formula is C11H16O2. The number of aliphatic hydroxyl groups is 1. The minimum atomic E-state index is -0.0689. The van der Waals surface area contributed by atoms with Gasteiger partial charge in [-0.2, -0.15) is 0 Å². The molecule has 1 N–H and O–H groups in total. The van der Waals surface area contributed by atoms with E-state index in [9.17, 15) is 5.11 Å². The first-order valence-corrected chi connectivity index (χ1v) is 5.17. The highest BCUT2D eigenvalue weighted by atomic mass is 16.5. The summed E-state index contributed by atoms with van der Waals surface area (Å²) in [6.07, 6.45) is 6.61. The smallest absolute Gasteiger partial charge is 0.0639 e. The molecular weight excluding hydrogens is 164 g/mol. The molecule has 0 saturated heterocycles. The van der Waals surface area contributed by atoms with Gasteiger partial charge in [0.1, 0.15) is 0 Å². The largest absolute Gasteiger partial charge is 0.392 e. The first-order valence-electron chi connectivity index (χ1n) is 5.17. The third-order valence-electron chi connectivity index (χ3n) is 4.48. The summed E-state index contributed by atoms with van der Waals surface area (Å²) in [7, 11) is 1.77. The van der Waals surface area contributed by atoms with Crippen molar-refractivity contribution in [1.82, 2.24) is 0 Å². The standard InChI is InChI=1S/C11H16O2/c1-13-6-7-8-2-3-10(12)11(8)5-4-9(7)11/h4-5,7-10,12H,2-3,6H2,1H3/t7-,8-,9-,10-,11-/m1/s1. The van der Waals surface area contributed by atoms with Gasteiger partial charge in [-0.25, -0.2) is 0 Å². The fourth-order valence-corrected chi connectivity index (χ4v) is 3.86. The summed E-state index contributed by atoms with van der Waals surface area (Å²) >= 11 is 0. The van der Waals surface area contributed by atoms with Crippen molar-refractivity contribution in [3.05, 3.63) is 12.2 Å². The molecule has 2 saturated carbocycles. The summed E-state index contributed by atoms with van der Waals surface area (Å²) in [5.74, 6) is 2.01. The number of methoxy groups -OCH3 is 1. The third kappa shape index (κ3) is 0.692. The maximum Gasteiger partial charge on any atom is 0.0639 e. The van der Waals surface area contributed by atoms with Gasteiger partial charge in [0.05, 0.1) is 6.10 Å². The van der Waals surface area contributed by atoms with Gasteiger partial charge in [0.25, 0.3) is 0 Å². The molecule has 0 heterocycles. The van der Waals surface area contributed by atoms with Gasteiger partial charge in [-0.05, 0) is 30.6 Å². The molecule has 5 atom stereocenters. The Hall–Kier alpha value is -0.340. The molecule has 3 aliphatic carbocycles. The lowest BCUT2D eigenvalue weighted by molar-refractivity contribution is -0.136. The third-order valence-corrected chi connectivity index (χ3v) is 4.48. The fraction of sp³-hybridized carbons (Fsp3) is 0.818. The predicted molar refractivity (Wildman–Crippen MR) is 49.2 cm³/mol. The van der Waals surface area contributed by atoms with Crippen LogP contribution in [0.4, 0.5) is 0 Å². The molecule has 3 rings (SSSR count). The second-order valence-corrected chi connectivity index (χ2v) is 4.70. The summed E-state index contributed by atoms with van der Waals surface area (Å²) < 4.78 is 5.22. The number of aliphatic hydroxyl groups excluding tert-OH is 1. The highest BCUT2D eigenvalue weighted by molar-refractivity contribution is 5.34. The van der Waals surface area contributed by atoms with E-state index in [-0.39, 0.29) is 11.5 Å². The van der Waals surface area contributed by atoms with Crippen molar-refractivity contribution in [2.24, 2.45) is 23.2 Å². The Kier molecular flexibility index (Phi) is 1.46. The van der Waals surface area contributed by atoms with E-state index in [1.165, 1.54) is 6.42 Å². The molecule has 0 radical (unpaired) electrons. The van der Waals surface area contributed by atoms with Gasteiger partial charge in [-0.15, -0.1) is 0 Å². The first-order chi connectivity index (χ1) is 6.30. The van der Waals surface area contributed by atoms with Gasteiger partial charge in [0.15, 0.2) is 0 Å². The van der Waals surface area contributed by atoms with Crippen LogP contribution in [0.3, 0.4) is 0 Å². The first kappa shape index (κ1) is 8.01. The molecule has 3 aliphatic rings. The molecule has 72 valence electrons. The Morgan fingerprint density at radius 1 is 1.54 bits per heavy atom. The summed E-state index contributed by atoms with van der Waals surface area (Å²) in [5.41, 5.74) is 0.198. The fourth-order valence-electron chi connectivity index (χ4n) is 3.86. The van der Waals surface area contributed by atoms with Crippen molar-refractivity contribution >= 4 is 0 Å². The Balaban J connectivity index is 1.84. The zero-order valence-corrected chi connectivity index (χ0v) is 7.94. The van der Waals surface area contributed by atoms with E-state index in [0.717, 1.165) is 13.0 Å². The molecule has 1 spiro atoms. The summed E-state index contributed by atoms with van der Waals surface area (Å²) in [6, 6.07) is 0. The minimum absolute atomic E-state index is 0.0689. The van der Waals surface area contributed by atoms with Gasteiger partial charge < -0.3 is 9.84 Å². The van der Waals surface area contributed by atoms with Gasteiger partial charge in [-0.3, -0.25) is 0 Å². The van der Waals surface area contributed by atoms with Crippen LogP contribution < -0.4 is 0 Å². The van der Waals surface area contributed by atoms with E-state index in [1.54, 1.807) is 7.11 Å². The monoisotopic (exact) mass is 180 g/mol. The molecule has 0 aliphatic heterocycles. The van der Waals surface area contributed by atoms with Crippen LogP contribution in [0, 0.1) is 23.2 Å². The number of hydrogen-bond donors (Lipinski definition) is 1. The average molecular weight is 180 g/mol. The zero-order chi connectivity index (χ0) is 9.05. The Labute approximate surface area is 78.6 Å². The maximum atomic E-state index is 9.89. The molecule has 2 heteroatoms. The van der Waals surface area contributed by atoms with Gasteiger partial charge in [-0.1, -0.05) is 12.2 Å². The summed E-state index contributed by atoms with van der Waals surface area (Å²) in [6.45, 7) is 0.869. The minimum Gasteiger partial charge on any atom is -0.392 e. The maximum absolute atomic E-state index is 9.89. The van der Waals surface area contributed by atoms with Gasteiger partial charge in [0, 0.05) is 19.1 Å². The van der Waals surface area contributed by atoms with Crippen LogP contribution in [0.5, 0.6) is 0 Å². The van der Waals surface area contributed by atoms with Gasteiger partial charge in [0.2, 0.25) is 0 Å². The van der Waals surface area contributed by atoms with Crippen LogP contribution in [0.25, 0.3) is 0 Å². The highest BCUT2D eigenvalue weighted by Crippen LogP contribution is 2.70. The summed E-state index contributed by atoms with van der Waals surface area (Å²) in [4.78, 5) is 0. The second-order valence-electron chi connectivity index (χ2n) is 4.70. The van der Waals surface area contributed by atoms with Crippen molar-refractivity contribution < 1.29 is 9.84 Å². The molecule has 0 amide bonds. The topological polar surface area (TPSA) is 29.5 Å². The lowest BCUT2D eigenvalue weighted by atomic mass is 9.42.